The molecule has 1 fully saturated rings. The molecule has 1 rings (SSSR count). The zero-order valence-electron chi connectivity index (χ0n) is 28.0. The van der Waals surface area contributed by atoms with Crippen LogP contribution in [0, 0.1) is 0 Å². The molecule has 0 bridgehead atoms. The molecule has 0 aromatic rings. The number of carbonyl (C=O) groups is 1. The molecule has 0 aromatic heterocycles. The fourth-order valence-corrected chi connectivity index (χ4v) is 5.99. The molecule has 5 atom stereocenters. The van der Waals surface area contributed by atoms with Crippen molar-refractivity contribution in [3.05, 3.63) is 12.2 Å². The Morgan fingerprint density at radius 1 is 0.605 bits per heavy atom. The van der Waals surface area contributed by atoms with Crippen molar-refractivity contribution in [2.75, 3.05) is 13.2 Å². The van der Waals surface area contributed by atoms with Crippen LogP contribution in [0.25, 0.3) is 0 Å². The number of aliphatic hydroxyl groups is 4. The zero-order valence-corrected chi connectivity index (χ0v) is 28.0. The first kappa shape index (κ1) is 40.0. The number of ether oxygens (including phenoxy) is 1. The first-order valence-electron chi connectivity index (χ1n) is 18.2. The number of carbonyl (C=O) groups excluding carboxylic acids is 1. The summed E-state index contributed by atoms with van der Waals surface area (Å²) < 4.78 is 5.77. The third kappa shape index (κ3) is 18.5. The van der Waals surface area contributed by atoms with Gasteiger partial charge in [0.1, 0.15) is 24.4 Å². The van der Waals surface area contributed by atoms with Crippen LogP contribution in [0.4, 0.5) is 0 Å². The van der Waals surface area contributed by atoms with Crippen LogP contribution in [0.1, 0.15) is 168 Å². The van der Waals surface area contributed by atoms with Crippen molar-refractivity contribution in [1.82, 2.24) is 4.90 Å². The Labute approximate surface area is 264 Å². The van der Waals surface area contributed by atoms with E-state index in [4.69, 9.17) is 4.74 Å². The van der Waals surface area contributed by atoms with Crippen LogP contribution in [-0.4, -0.2) is 75.0 Å². The van der Waals surface area contributed by atoms with Crippen LogP contribution in [0.15, 0.2) is 12.2 Å². The highest BCUT2D eigenvalue weighted by Crippen LogP contribution is 2.25. The highest BCUT2D eigenvalue weighted by Gasteiger charge is 2.46. The fourth-order valence-electron chi connectivity index (χ4n) is 5.99. The third-order valence-electron chi connectivity index (χ3n) is 8.90. The topological polar surface area (TPSA) is 110 Å². The Bertz CT molecular complexity index is 672. The molecule has 7 nitrogen and oxygen atoms in total. The molecule has 0 saturated carbocycles. The first-order chi connectivity index (χ1) is 21.0. The monoisotopic (exact) mass is 612 g/mol. The van der Waals surface area contributed by atoms with Gasteiger partial charge >= 0.3 is 0 Å². The summed E-state index contributed by atoms with van der Waals surface area (Å²) in [6.07, 6.45) is 26.0. The molecule has 254 valence electrons. The van der Waals surface area contributed by atoms with Crippen molar-refractivity contribution in [2.45, 2.75) is 199 Å². The van der Waals surface area contributed by atoms with Gasteiger partial charge in [-0.15, -0.1) is 0 Å². The summed E-state index contributed by atoms with van der Waals surface area (Å²) in [6, 6.07) is 0. The first-order valence-corrected chi connectivity index (χ1v) is 18.2. The maximum Gasteiger partial charge on any atom is 0.224 e. The predicted molar refractivity (Wildman–Crippen MR) is 177 cm³/mol. The molecule has 1 amide bonds. The minimum Gasteiger partial charge on any atom is -0.394 e. The summed E-state index contributed by atoms with van der Waals surface area (Å²) >= 11 is 0. The number of amides is 1. The van der Waals surface area contributed by atoms with Crippen LogP contribution in [0.5, 0.6) is 0 Å². The van der Waals surface area contributed by atoms with Crippen molar-refractivity contribution in [1.29, 1.82) is 0 Å². The van der Waals surface area contributed by atoms with Crippen LogP contribution in [0.2, 0.25) is 0 Å². The summed E-state index contributed by atoms with van der Waals surface area (Å²) in [7, 11) is 0. The molecular formula is C36H69NO6. The summed E-state index contributed by atoms with van der Waals surface area (Å²) in [4.78, 5) is 14.9. The number of allylic oxidation sites excluding steroid dienone is 2. The van der Waals surface area contributed by atoms with Crippen molar-refractivity contribution in [3.63, 3.8) is 0 Å². The lowest BCUT2D eigenvalue weighted by Crippen LogP contribution is -2.64. The van der Waals surface area contributed by atoms with E-state index in [0.717, 1.165) is 51.4 Å². The highest BCUT2D eigenvalue weighted by molar-refractivity contribution is 5.76. The molecule has 1 saturated heterocycles. The number of nitrogens with zero attached hydrogens (tertiary/aromatic N) is 1. The van der Waals surface area contributed by atoms with Gasteiger partial charge in [0.15, 0.2) is 6.23 Å². The van der Waals surface area contributed by atoms with Crippen LogP contribution < -0.4 is 0 Å². The molecule has 0 unspecified atom stereocenters. The Morgan fingerprint density at radius 3 is 1.53 bits per heavy atom. The molecule has 0 spiro atoms. The van der Waals surface area contributed by atoms with Crippen molar-refractivity contribution >= 4 is 5.91 Å². The van der Waals surface area contributed by atoms with E-state index in [0.29, 0.717) is 13.0 Å². The molecule has 1 aliphatic heterocycles. The smallest absolute Gasteiger partial charge is 0.224 e. The molecular weight excluding hydrogens is 542 g/mol. The molecule has 0 radical (unpaired) electrons. The summed E-state index contributed by atoms with van der Waals surface area (Å²) in [5.74, 6) is -0.0992. The maximum atomic E-state index is 13.3. The van der Waals surface area contributed by atoms with Crippen molar-refractivity contribution < 1.29 is 30.0 Å². The number of unbranched alkanes of at least 4 members (excludes halogenated alkanes) is 20. The van der Waals surface area contributed by atoms with Crippen LogP contribution in [0.3, 0.4) is 0 Å². The lowest BCUT2D eigenvalue weighted by atomic mass is 9.97. The Kier molecular flexibility index (Phi) is 25.4. The molecule has 7 heteroatoms. The van der Waals surface area contributed by atoms with E-state index in [1.807, 2.05) is 0 Å². The van der Waals surface area contributed by atoms with Gasteiger partial charge in [0.2, 0.25) is 5.91 Å². The number of rotatable bonds is 28. The second-order valence-electron chi connectivity index (χ2n) is 12.8. The number of hydrogen-bond donors (Lipinski definition) is 4. The lowest BCUT2D eigenvalue weighted by molar-refractivity contribution is -0.262. The van der Waals surface area contributed by atoms with Gasteiger partial charge in [-0.1, -0.05) is 135 Å². The van der Waals surface area contributed by atoms with Crippen LogP contribution >= 0.6 is 0 Å². The molecule has 1 heterocycles. The quantitative estimate of drug-likeness (QED) is 0.0536. The van der Waals surface area contributed by atoms with Crippen molar-refractivity contribution in [3.8, 4) is 0 Å². The second-order valence-corrected chi connectivity index (χ2v) is 12.8. The number of aliphatic hydroxyl groups excluding tert-OH is 4. The Hall–Kier alpha value is -0.990. The third-order valence-corrected chi connectivity index (χ3v) is 8.90. The summed E-state index contributed by atoms with van der Waals surface area (Å²) in [5.41, 5.74) is 0. The minimum atomic E-state index is -1.47. The molecule has 0 aliphatic carbocycles. The normalized spacial score (nSPS) is 22.4. The standard InChI is InChI=1S/C36H69NO6/c1-3-5-7-9-11-13-15-16-17-18-19-20-22-24-26-28-32(39)37(29-27-25-23-21-14-12-10-8-6-4-2)36-35(42)34(41)33(40)31(30-38)43-36/h16-17,31,33-36,38,40-42H,3-15,18-30H2,1-2H3/b17-16-/t31-,33-,34+,35-,36-/m1/s1. The van der Waals surface area contributed by atoms with Gasteiger partial charge in [0.25, 0.3) is 0 Å². The average Bonchev–Trinajstić information content (AvgIpc) is 3.01. The molecule has 0 aromatic carbocycles. The van der Waals surface area contributed by atoms with Gasteiger partial charge in [0, 0.05) is 13.0 Å². The maximum absolute atomic E-state index is 13.3. The van der Waals surface area contributed by atoms with Gasteiger partial charge in [-0.05, 0) is 38.5 Å². The highest BCUT2D eigenvalue weighted by atomic mass is 16.6. The summed E-state index contributed by atoms with van der Waals surface area (Å²) in [6.45, 7) is 4.43. The van der Waals surface area contributed by atoms with E-state index in [1.165, 1.54) is 96.3 Å². The second kappa shape index (κ2) is 27.3. The van der Waals surface area contributed by atoms with E-state index in [1.54, 1.807) is 4.90 Å². The minimum absolute atomic E-state index is 0.0992. The van der Waals surface area contributed by atoms with Gasteiger partial charge in [-0.25, -0.2) is 0 Å². The largest absolute Gasteiger partial charge is 0.394 e. The van der Waals surface area contributed by atoms with Gasteiger partial charge in [-0.2, -0.15) is 0 Å². The van der Waals surface area contributed by atoms with Gasteiger partial charge in [0.05, 0.1) is 6.61 Å². The SMILES string of the molecule is CCCCCCCC/C=C\CCCCCCCC(=O)N(CCCCCCCCCCCC)[C@@H]1O[C@H](CO)[C@@H](O)[C@H](O)[C@H]1O. The van der Waals surface area contributed by atoms with Crippen molar-refractivity contribution in [2.24, 2.45) is 0 Å². The van der Waals surface area contributed by atoms with E-state index < -0.39 is 37.3 Å². The molecule has 4 N–H and O–H groups in total. The van der Waals surface area contributed by atoms with Gasteiger partial charge < -0.3 is 30.1 Å². The molecule has 1 aliphatic rings. The Balaban J connectivity index is 2.37. The lowest BCUT2D eigenvalue weighted by Gasteiger charge is -2.44. The van der Waals surface area contributed by atoms with E-state index in [-0.39, 0.29) is 5.91 Å². The average molecular weight is 612 g/mol. The van der Waals surface area contributed by atoms with E-state index in [2.05, 4.69) is 26.0 Å². The van der Waals surface area contributed by atoms with E-state index >= 15 is 0 Å². The Morgan fingerprint density at radius 2 is 1.05 bits per heavy atom. The predicted octanol–water partition coefficient (Wildman–Crippen LogP) is 7.57. The van der Waals surface area contributed by atoms with Gasteiger partial charge in [-0.3, -0.25) is 4.79 Å². The zero-order chi connectivity index (χ0) is 31.5. The summed E-state index contributed by atoms with van der Waals surface area (Å²) in [5, 5.41) is 40.9. The molecule has 43 heavy (non-hydrogen) atoms. The van der Waals surface area contributed by atoms with E-state index in [9.17, 15) is 25.2 Å². The fraction of sp³-hybridized carbons (Fsp3) is 0.917. The number of hydrogen-bond acceptors (Lipinski definition) is 6. The van der Waals surface area contributed by atoms with Crippen LogP contribution in [-0.2, 0) is 9.53 Å².